The molecule has 0 atom stereocenters. The molecule has 1 fully saturated rings. The van der Waals surface area contributed by atoms with Crippen LogP contribution in [0.3, 0.4) is 0 Å². The van der Waals surface area contributed by atoms with E-state index in [1.54, 1.807) is 0 Å². The molecule has 1 rings (SSSR count). The topological polar surface area (TPSA) is 81.7 Å². The van der Waals surface area contributed by atoms with Gasteiger partial charge in [0, 0.05) is 13.1 Å². The summed E-state index contributed by atoms with van der Waals surface area (Å²) in [7, 11) is 0. The van der Waals surface area contributed by atoms with Gasteiger partial charge in [-0.05, 0) is 44.3 Å². The first-order chi connectivity index (χ1) is 10.0. The van der Waals surface area contributed by atoms with Crippen LogP contribution in [0.2, 0.25) is 0 Å². The summed E-state index contributed by atoms with van der Waals surface area (Å²) in [5.41, 5.74) is -0.218. The Hall–Kier alpha value is -1.30. The second kappa shape index (κ2) is 8.87. The minimum atomic E-state index is -0.781. The summed E-state index contributed by atoms with van der Waals surface area (Å²) in [4.78, 5) is 24.9. The molecule has 0 aromatic carbocycles. The van der Waals surface area contributed by atoms with Crippen molar-refractivity contribution in [2.24, 2.45) is 5.41 Å². The predicted octanol–water partition coefficient (Wildman–Crippen LogP) is 1.66. The number of nitrogens with one attached hydrogen (secondary N) is 2. The minimum absolute atomic E-state index is 0.148. The van der Waals surface area contributed by atoms with Gasteiger partial charge in [0.05, 0.1) is 6.42 Å². The van der Waals surface area contributed by atoms with Crippen LogP contribution >= 0.6 is 0 Å². The van der Waals surface area contributed by atoms with Crippen molar-refractivity contribution < 1.29 is 14.7 Å². The second-order valence-electron chi connectivity index (χ2n) is 5.91. The fourth-order valence-corrected chi connectivity index (χ4v) is 2.79. The summed E-state index contributed by atoms with van der Waals surface area (Å²) in [5.74, 6) is -0.781. The lowest BCUT2D eigenvalue weighted by Gasteiger charge is -2.40. The molecule has 0 saturated heterocycles. The van der Waals surface area contributed by atoms with Crippen LogP contribution in [0.4, 0.5) is 4.79 Å². The molecule has 3 N–H and O–H groups in total. The zero-order valence-corrected chi connectivity index (χ0v) is 13.3. The first kappa shape index (κ1) is 17.8. The molecule has 0 aromatic heterocycles. The number of aliphatic carboxylic acids is 1. The summed E-state index contributed by atoms with van der Waals surface area (Å²) in [5, 5.41) is 14.6. The number of nitrogens with zero attached hydrogens (tertiary/aromatic N) is 1. The van der Waals surface area contributed by atoms with Crippen LogP contribution < -0.4 is 10.6 Å². The number of rotatable bonds is 10. The van der Waals surface area contributed by atoms with Crippen molar-refractivity contribution in [2.45, 2.75) is 46.0 Å². The van der Waals surface area contributed by atoms with Crippen molar-refractivity contribution in [1.82, 2.24) is 15.5 Å². The van der Waals surface area contributed by atoms with Crippen LogP contribution in [0.1, 0.15) is 46.0 Å². The molecule has 0 radical (unpaired) electrons. The van der Waals surface area contributed by atoms with Crippen LogP contribution in [-0.4, -0.2) is 54.7 Å². The Labute approximate surface area is 127 Å². The number of carboxylic acid groups (broad SMARTS) is 1. The molecular formula is C15H29N3O3. The lowest BCUT2D eigenvalue weighted by atomic mass is 9.66. The molecule has 6 heteroatoms. The third kappa shape index (κ3) is 6.33. The Morgan fingerprint density at radius 2 is 1.86 bits per heavy atom. The summed E-state index contributed by atoms with van der Waals surface area (Å²) in [6.07, 6.45) is 3.91. The SMILES string of the molecule is CCN(CC)CCCNC(=O)NCC1(CC(=O)O)CCC1. The molecule has 0 spiro atoms. The van der Waals surface area contributed by atoms with E-state index in [4.69, 9.17) is 5.11 Å². The molecule has 0 aliphatic heterocycles. The molecule has 0 unspecified atom stereocenters. The van der Waals surface area contributed by atoms with E-state index in [0.29, 0.717) is 13.1 Å². The number of hydrogen-bond acceptors (Lipinski definition) is 3. The van der Waals surface area contributed by atoms with Gasteiger partial charge in [-0.15, -0.1) is 0 Å². The zero-order chi connectivity index (χ0) is 15.7. The van der Waals surface area contributed by atoms with Gasteiger partial charge in [0.25, 0.3) is 0 Å². The third-order valence-electron chi connectivity index (χ3n) is 4.40. The molecule has 2 amide bonds. The number of hydrogen-bond donors (Lipinski definition) is 3. The Balaban J connectivity index is 2.14. The molecule has 1 aliphatic carbocycles. The molecule has 6 nitrogen and oxygen atoms in total. The van der Waals surface area contributed by atoms with Gasteiger partial charge in [0.15, 0.2) is 0 Å². The fraction of sp³-hybridized carbons (Fsp3) is 0.867. The van der Waals surface area contributed by atoms with Gasteiger partial charge >= 0.3 is 12.0 Å². The quantitative estimate of drug-likeness (QED) is 0.536. The number of carbonyl (C=O) groups is 2. The highest BCUT2D eigenvalue weighted by Gasteiger charge is 2.39. The zero-order valence-electron chi connectivity index (χ0n) is 13.3. The van der Waals surface area contributed by atoms with E-state index in [1.807, 2.05) is 0 Å². The van der Waals surface area contributed by atoms with Crippen LogP contribution in [0.15, 0.2) is 0 Å². The van der Waals surface area contributed by atoms with E-state index in [1.165, 1.54) is 0 Å². The number of urea groups is 1. The molecule has 21 heavy (non-hydrogen) atoms. The monoisotopic (exact) mass is 299 g/mol. The Bertz CT molecular complexity index is 339. The van der Waals surface area contributed by atoms with Gasteiger partial charge in [-0.1, -0.05) is 20.3 Å². The van der Waals surface area contributed by atoms with Gasteiger partial charge in [-0.25, -0.2) is 4.79 Å². The maximum absolute atomic E-state index is 11.7. The highest BCUT2D eigenvalue weighted by atomic mass is 16.4. The highest BCUT2D eigenvalue weighted by molar-refractivity contribution is 5.74. The lowest BCUT2D eigenvalue weighted by molar-refractivity contribution is -0.141. The van der Waals surface area contributed by atoms with Crippen LogP contribution in [-0.2, 0) is 4.79 Å². The van der Waals surface area contributed by atoms with E-state index in [0.717, 1.165) is 45.3 Å². The molecule has 1 saturated carbocycles. The van der Waals surface area contributed by atoms with Crippen molar-refractivity contribution in [3.8, 4) is 0 Å². The smallest absolute Gasteiger partial charge is 0.314 e. The second-order valence-corrected chi connectivity index (χ2v) is 5.91. The standard InChI is InChI=1S/C15H29N3O3/c1-3-18(4-2)10-6-9-16-14(21)17-12-15(7-5-8-15)11-13(19)20/h3-12H2,1-2H3,(H,19,20)(H2,16,17,21). The first-order valence-corrected chi connectivity index (χ1v) is 7.97. The van der Waals surface area contributed by atoms with E-state index < -0.39 is 5.97 Å². The fourth-order valence-electron chi connectivity index (χ4n) is 2.79. The first-order valence-electron chi connectivity index (χ1n) is 7.97. The largest absolute Gasteiger partial charge is 0.481 e. The van der Waals surface area contributed by atoms with Crippen LogP contribution in [0.5, 0.6) is 0 Å². The molecule has 0 heterocycles. The summed E-state index contributed by atoms with van der Waals surface area (Å²) in [6.45, 7) is 8.40. The average Bonchev–Trinajstić information content (AvgIpc) is 2.41. The van der Waals surface area contributed by atoms with Gasteiger partial charge in [-0.3, -0.25) is 4.79 Å². The van der Waals surface area contributed by atoms with Crippen LogP contribution in [0, 0.1) is 5.41 Å². The van der Waals surface area contributed by atoms with Crippen molar-refractivity contribution in [3.05, 3.63) is 0 Å². The Morgan fingerprint density at radius 1 is 1.19 bits per heavy atom. The maximum atomic E-state index is 11.7. The normalized spacial score (nSPS) is 16.3. The van der Waals surface area contributed by atoms with Crippen molar-refractivity contribution in [1.29, 1.82) is 0 Å². The Kier molecular flexibility index (Phi) is 7.50. The molecule has 0 aromatic rings. The molecule has 0 bridgehead atoms. The number of carbonyl (C=O) groups excluding carboxylic acids is 1. The minimum Gasteiger partial charge on any atom is -0.481 e. The summed E-state index contributed by atoms with van der Waals surface area (Å²) in [6, 6.07) is -0.189. The van der Waals surface area contributed by atoms with E-state index >= 15 is 0 Å². The van der Waals surface area contributed by atoms with Crippen LogP contribution in [0.25, 0.3) is 0 Å². The number of carboxylic acids is 1. The van der Waals surface area contributed by atoms with Crippen molar-refractivity contribution in [2.75, 3.05) is 32.7 Å². The lowest BCUT2D eigenvalue weighted by Crippen LogP contribution is -2.46. The molecular weight excluding hydrogens is 270 g/mol. The van der Waals surface area contributed by atoms with Gasteiger partial charge in [-0.2, -0.15) is 0 Å². The molecule has 1 aliphatic rings. The van der Waals surface area contributed by atoms with E-state index in [-0.39, 0.29) is 17.9 Å². The molecule has 122 valence electrons. The summed E-state index contributed by atoms with van der Waals surface area (Å²) >= 11 is 0. The van der Waals surface area contributed by atoms with Gasteiger partial charge in [0.1, 0.15) is 0 Å². The third-order valence-corrected chi connectivity index (χ3v) is 4.40. The predicted molar refractivity (Wildman–Crippen MR) is 82.3 cm³/mol. The average molecular weight is 299 g/mol. The van der Waals surface area contributed by atoms with E-state index in [9.17, 15) is 9.59 Å². The van der Waals surface area contributed by atoms with Gasteiger partial charge in [0.2, 0.25) is 0 Å². The maximum Gasteiger partial charge on any atom is 0.314 e. The van der Waals surface area contributed by atoms with Gasteiger partial charge < -0.3 is 20.6 Å². The van der Waals surface area contributed by atoms with Crippen molar-refractivity contribution >= 4 is 12.0 Å². The Morgan fingerprint density at radius 3 is 2.33 bits per heavy atom. The van der Waals surface area contributed by atoms with Crippen molar-refractivity contribution in [3.63, 3.8) is 0 Å². The number of amides is 2. The van der Waals surface area contributed by atoms with E-state index in [2.05, 4.69) is 29.4 Å². The summed E-state index contributed by atoms with van der Waals surface area (Å²) < 4.78 is 0. The highest BCUT2D eigenvalue weighted by Crippen LogP contribution is 2.43.